The topological polar surface area (TPSA) is 27.7 Å². The Morgan fingerprint density at radius 2 is 0.818 bits per heavy atom. The highest BCUT2D eigenvalue weighted by atomic mass is 35.6. The Morgan fingerprint density at radius 3 is 0.955 bits per heavy atom. The largest absolute Gasteiger partial charge is 0.470 e. The first kappa shape index (κ1) is 23.3. The van der Waals surface area contributed by atoms with Gasteiger partial charge in [-0.1, -0.05) is 20.0 Å². The molecule has 134 valence electrons. The zero-order valence-corrected chi connectivity index (χ0v) is 22.4. The van der Waals surface area contributed by atoms with Gasteiger partial charge in [0, 0.05) is 5.16 Å². The standard InChI is InChI=1S/C13H37ClO3Si5/c1-13(21(11,12)14)22(15-18(2,3)4,16-19(5,6)7)17-20(8,9)10/h13H,1-12H3. The minimum absolute atomic E-state index is 0.187. The lowest BCUT2D eigenvalue weighted by Gasteiger charge is -2.47. The van der Waals surface area contributed by atoms with Gasteiger partial charge in [-0.2, -0.15) is 11.1 Å². The summed E-state index contributed by atoms with van der Waals surface area (Å²) in [4.78, 5) is 0. The molecule has 0 heterocycles. The normalized spacial score (nSPS) is 16.8. The van der Waals surface area contributed by atoms with Gasteiger partial charge in [-0.25, -0.2) is 0 Å². The lowest BCUT2D eigenvalue weighted by molar-refractivity contribution is 0.248. The maximum absolute atomic E-state index is 6.83. The summed E-state index contributed by atoms with van der Waals surface area (Å²) in [7, 11) is -10.2. The van der Waals surface area contributed by atoms with Crippen LogP contribution in [0.2, 0.25) is 77.2 Å². The van der Waals surface area contributed by atoms with Crippen LogP contribution in [0.15, 0.2) is 0 Å². The van der Waals surface area contributed by atoms with Crippen molar-refractivity contribution in [2.45, 2.75) is 84.1 Å². The third-order valence-electron chi connectivity index (χ3n) is 2.91. The highest BCUT2D eigenvalue weighted by Gasteiger charge is 2.58. The molecule has 0 bridgehead atoms. The molecule has 0 aromatic rings. The summed E-state index contributed by atoms with van der Waals surface area (Å²) in [5, 5.41) is 0.187. The van der Waals surface area contributed by atoms with Gasteiger partial charge >= 0.3 is 8.80 Å². The molecule has 0 N–H and O–H groups in total. The van der Waals surface area contributed by atoms with Crippen molar-refractivity contribution in [2.24, 2.45) is 0 Å². The predicted octanol–water partition coefficient (Wildman–Crippen LogP) is 5.85. The fourth-order valence-electron chi connectivity index (χ4n) is 2.03. The van der Waals surface area contributed by atoms with Gasteiger partial charge in [-0.15, -0.1) is 0 Å². The average Bonchev–Trinajstić information content (AvgIpc) is 2.05. The van der Waals surface area contributed by atoms with Crippen LogP contribution in [0.3, 0.4) is 0 Å². The molecule has 0 fully saturated rings. The van der Waals surface area contributed by atoms with E-state index in [2.05, 4.69) is 78.9 Å². The van der Waals surface area contributed by atoms with E-state index in [1.54, 1.807) is 0 Å². The Bertz CT molecular complexity index is 325. The monoisotopic (exact) mass is 416 g/mol. The molecule has 0 spiro atoms. The fraction of sp³-hybridized carbons (Fsp3) is 1.00. The summed E-state index contributed by atoms with van der Waals surface area (Å²) in [6, 6.07) is 0. The Balaban J connectivity index is 6.02. The van der Waals surface area contributed by atoms with Crippen LogP contribution in [0.5, 0.6) is 0 Å². The molecule has 0 saturated carbocycles. The summed E-state index contributed by atoms with van der Waals surface area (Å²) in [6.45, 7) is 26.5. The molecule has 0 radical (unpaired) electrons. The van der Waals surface area contributed by atoms with E-state index in [0.717, 1.165) is 0 Å². The third kappa shape index (κ3) is 8.93. The molecule has 3 nitrogen and oxygen atoms in total. The smallest absolute Gasteiger partial charge is 0.417 e. The number of rotatable bonds is 8. The summed E-state index contributed by atoms with van der Waals surface area (Å²) in [5.74, 6) is 0. The van der Waals surface area contributed by atoms with Crippen LogP contribution in [0.25, 0.3) is 0 Å². The van der Waals surface area contributed by atoms with E-state index in [9.17, 15) is 0 Å². The van der Waals surface area contributed by atoms with Crippen LogP contribution < -0.4 is 0 Å². The van der Waals surface area contributed by atoms with E-state index in [1.807, 2.05) is 0 Å². The van der Waals surface area contributed by atoms with Crippen molar-refractivity contribution in [1.82, 2.24) is 0 Å². The zero-order chi connectivity index (χ0) is 18.2. The highest BCUT2D eigenvalue weighted by Crippen LogP contribution is 2.41. The molecule has 0 saturated heterocycles. The Kier molecular flexibility index (Phi) is 7.66. The maximum atomic E-state index is 6.83. The highest BCUT2D eigenvalue weighted by molar-refractivity contribution is 7.24. The minimum atomic E-state index is -2.83. The summed E-state index contributed by atoms with van der Waals surface area (Å²) in [5.41, 5.74) is 0. The van der Waals surface area contributed by atoms with Crippen LogP contribution in [0.4, 0.5) is 0 Å². The van der Waals surface area contributed by atoms with Crippen molar-refractivity contribution in [3.05, 3.63) is 0 Å². The molecular weight excluding hydrogens is 380 g/mol. The van der Waals surface area contributed by atoms with Crippen molar-refractivity contribution in [3.63, 3.8) is 0 Å². The van der Waals surface area contributed by atoms with E-state index in [-0.39, 0.29) is 5.16 Å². The Labute approximate surface area is 148 Å². The van der Waals surface area contributed by atoms with Crippen LogP contribution in [-0.2, 0) is 12.3 Å². The van der Waals surface area contributed by atoms with Crippen molar-refractivity contribution < 1.29 is 12.3 Å². The van der Waals surface area contributed by atoms with Crippen LogP contribution in [0, 0.1) is 0 Å². The molecule has 1 unspecified atom stereocenters. The minimum Gasteiger partial charge on any atom is -0.417 e. The van der Waals surface area contributed by atoms with E-state index in [0.29, 0.717) is 0 Å². The summed E-state index contributed by atoms with van der Waals surface area (Å²) in [6.07, 6.45) is 0. The van der Waals surface area contributed by atoms with Gasteiger partial charge in [0.1, 0.15) is 0 Å². The molecule has 0 rings (SSSR count). The van der Waals surface area contributed by atoms with Crippen LogP contribution >= 0.6 is 11.1 Å². The molecule has 0 aliphatic heterocycles. The molecule has 1 atom stereocenters. The number of hydrogen-bond donors (Lipinski definition) is 0. The quantitative estimate of drug-likeness (QED) is 0.366. The number of hydrogen-bond acceptors (Lipinski definition) is 3. The van der Waals surface area contributed by atoms with E-state index in [1.165, 1.54) is 0 Å². The van der Waals surface area contributed by atoms with Crippen molar-refractivity contribution in [3.8, 4) is 0 Å². The first-order valence-electron chi connectivity index (χ1n) is 8.07. The average molecular weight is 417 g/mol. The molecular formula is C13H37ClO3Si5. The van der Waals surface area contributed by atoms with Crippen molar-refractivity contribution in [1.29, 1.82) is 0 Å². The first-order chi connectivity index (χ1) is 9.28. The molecule has 22 heavy (non-hydrogen) atoms. The van der Waals surface area contributed by atoms with Gasteiger partial charge < -0.3 is 12.3 Å². The van der Waals surface area contributed by atoms with Gasteiger partial charge in [0.05, 0.1) is 0 Å². The van der Waals surface area contributed by atoms with Crippen molar-refractivity contribution >= 4 is 52.2 Å². The second-order valence-electron chi connectivity index (χ2n) is 9.53. The van der Waals surface area contributed by atoms with Crippen molar-refractivity contribution in [2.75, 3.05) is 0 Å². The predicted molar refractivity (Wildman–Crippen MR) is 112 cm³/mol. The van der Waals surface area contributed by atoms with Gasteiger partial charge in [0.25, 0.3) is 0 Å². The molecule has 0 aliphatic rings. The Hall–Kier alpha value is 1.25. The van der Waals surface area contributed by atoms with Gasteiger partial charge in [0.15, 0.2) is 32.3 Å². The molecule has 0 aliphatic carbocycles. The number of halogens is 1. The third-order valence-corrected chi connectivity index (χ3v) is 21.5. The van der Waals surface area contributed by atoms with E-state index in [4.69, 9.17) is 23.4 Å². The zero-order valence-electron chi connectivity index (χ0n) is 16.7. The van der Waals surface area contributed by atoms with E-state index >= 15 is 0 Å². The van der Waals surface area contributed by atoms with Gasteiger partial charge in [-0.3, -0.25) is 0 Å². The van der Waals surface area contributed by atoms with Crippen LogP contribution in [-0.4, -0.2) is 41.1 Å². The van der Waals surface area contributed by atoms with E-state index < -0.39 is 41.1 Å². The summed E-state index contributed by atoms with van der Waals surface area (Å²) < 4.78 is 20.2. The molecule has 9 heteroatoms. The second kappa shape index (κ2) is 7.24. The van der Waals surface area contributed by atoms with Gasteiger partial charge in [-0.05, 0) is 58.9 Å². The SMILES string of the molecule is CC([Si](C)(C)Cl)[Si](O[Si](C)(C)C)(O[Si](C)(C)C)O[Si](C)(C)C. The fourth-order valence-corrected chi connectivity index (χ4v) is 22.2. The lowest BCUT2D eigenvalue weighted by atomic mass is 10.9. The first-order valence-corrected chi connectivity index (χ1v) is 24.2. The Morgan fingerprint density at radius 1 is 0.591 bits per heavy atom. The molecule has 0 aromatic heterocycles. The van der Waals surface area contributed by atoms with Crippen LogP contribution in [0.1, 0.15) is 6.92 Å². The maximum Gasteiger partial charge on any atom is 0.470 e. The second-order valence-corrected chi connectivity index (χ2v) is 34.2. The molecule has 0 amide bonds. The molecule has 0 aromatic carbocycles. The van der Waals surface area contributed by atoms with Gasteiger partial charge in [0.2, 0.25) is 0 Å². The lowest BCUT2D eigenvalue weighted by Crippen LogP contribution is -2.65. The summed E-state index contributed by atoms with van der Waals surface area (Å²) >= 11 is 6.83.